The van der Waals surface area contributed by atoms with E-state index in [0.29, 0.717) is 13.0 Å². The van der Waals surface area contributed by atoms with Crippen LogP contribution in [0.1, 0.15) is 12.8 Å². The highest BCUT2D eigenvalue weighted by molar-refractivity contribution is 5.85. The lowest BCUT2D eigenvalue weighted by atomic mass is 10.2. The molecule has 1 aromatic heterocycles. The summed E-state index contributed by atoms with van der Waals surface area (Å²) in [7, 11) is 0. The van der Waals surface area contributed by atoms with E-state index < -0.39 is 12.1 Å². The van der Waals surface area contributed by atoms with Gasteiger partial charge < -0.3 is 14.4 Å². The first-order valence-corrected chi connectivity index (χ1v) is 4.59. The van der Waals surface area contributed by atoms with E-state index in [1.165, 1.54) is 0 Å². The van der Waals surface area contributed by atoms with E-state index in [1.54, 1.807) is 12.5 Å². The summed E-state index contributed by atoms with van der Waals surface area (Å²) in [6.45, 7) is 0.684. The van der Waals surface area contributed by atoms with Gasteiger partial charge >= 0.3 is 5.97 Å². The zero-order chi connectivity index (χ0) is 9.97. The predicted octanol–water partition coefficient (Wildman–Crippen LogP) is 0.937. The summed E-state index contributed by atoms with van der Waals surface area (Å²) >= 11 is 0. The van der Waals surface area contributed by atoms with Crippen molar-refractivity contribution in [3.05, 3.63) is 18.7 Å². The molecule has 6 heteroatoms. The minimum atomic E-state index is -0.863. The second-order valence-corrected chi connectivity index (χ2v) is 3.42. The average Bonchev–Trinajstić information content (AvgIpc) is 2.75. The van der Waals surface area contributed by atoms with Gasteiger partial charge in [-0.15, -0.1) is 12.4 Å². The molecule has 84 valence electrons. The Morgan fingerprint density at radius 2 is 2.40 bits per heavy atom. The van der Waals surface area contributed by atoms with Gasteiger partial charge in [0.1, 0.15) is 0 Å². The molecule has 1 aliphatic heterocycles. The first-order chi connectivity index (χ1) is 6.75. The highest BCUT2D eigenvalue weighted by Gasteiger charge is 2.30. The van der Waals surface area contributed by atoms with Gasteiger partial charge in [0.15, 0.2) is 6.10 Å². The second-order valence-electron chi connectivity index (χ2n) is 3.42. The predicted molar refractivity (Wildman–Crippen MR) is 55.0 cm³/mol. The van der Waals surface area contributed by atoms with Crippen molar-refractivity contribution in [1.82, 2.24) is 9.55 Å². The van der Waals surface area contributed by atoms with Gasteiger partial charge in [0, 0.05) is 18.9 Å². The fourth-order valence-electron chi connectivity index (χ4n) is 1.65. The van der Waals surface area contributed by atoms with E-state index in [1.807, 2.05) is 10.8 Å². The summed E-state index contributed by atoms with van der Waals surface area (Å²) in [5.74, 6) is -0.863. The van der Waals surface area contributed by atoms with E-state index in [4.69, 9.17) is 9.84 Å². The van der Waals surface area contributed by atoms with Crippen LogP contribution in [0.5, 0.6) is 0 Å². The Hall–Kier alpha value is -1.07. The number of aromatic nitrogens is 2. The smallest absolute Gasteiger partial charge is 0.332 e. The van der Waals surface area contributed by atoms with Crippen LogP contribution in [0.3, 0.4) is 0 Å². The van der Waals surface area contributed by atoms with Crippen LogP contribution < -0.4 is 0 Å². The minimum absolute atomic E-state index is 0. The number of ether oxygens (including phenoxy) is 1. The largest absolute Gasteiger partial charge is 0.479 e. The lowest BCUT2D eigenvalue weighted by molar-refractivity contribution is -0.149. The molecule has 1 saturated heterocycles. The van der Waals surface area contributed by atoms with Gasteiger partial charge in [-0.2, -0.15) is 0 Å². The highest BCUT2D eigenvalue weighted by atomic mass is 35.5. The maximum absolute atomic E-state index is 10.6. The molecule has 5 nitrogen and oxygen atoms in total. The molecule has 2 heterocycles. The van der Waals surface area contributed by atoms with Crippen LogP contribution in [0, 0.1) is 0 Å². The Labute approximate surface area is 93.5 Å². The van der Waals surface area contributed by atoms with Crippen LogP contribution >= 0.6 is 12.4 Å². The molecule has 15 heavy (non-hydrogen) atoms. The lowest BCUT2D eigenvalue weighted by Gasteiger charge is -2.11. The molecular weight excluding hydrogens is 220 g/mol. The highest BCUT2D eigenvalue weighted by Crippen LogP contribution is 2.20. The van der Waals surface area contributed by atoms with Crippen molar-refractivity contribution in [3.8, 4) is 0 Å². The van der Waals surface area contributed by atoms with Crippen LogP contribution in [0.25, 0.3) is 0 Å². The Bertz CT molecular complexity index is 315. The van der Waals surface area contributed by atoms with Gasteiger partial charge in [0.05, 0.1) is 12.4 Å². The molecule has 0 amide bonds. The molecule has 0 bridgehead atoms. The fourth-order valence-corrected chi connectivity index (χ4v) is 1.65. The molecule has 2 rings (SSSR count). The Kier molecular flexibility index (Phi) is 4.11. The van der Waals surface area contributed by atoms with Gasteiger partial charge in [-0.1, -0.05) is 0 Å². The Balaban J connectivity index is 0.00000112. The summed E-state index contributed by atoms with van der Waals surface area (Å²) in [6, 6.07) is 0. The number of imidazole rings is 1. The molecule has 2 unspecified atom stereocenters. The lowest BCUT2D eigenvalue weighted by Crippen LogP contribution is -2.22. The molecule has 0 radical (unpaired) electrons. The molecule has 1 N–H and O–H groups in total. The standard InChI is InChI=1S/C9H12N2O3.ClH/c12-9(13)8-2-1-7(14-8)5-11-4-3-10-6-11;/h3-4,6-8H,1-2,5H2,(H,12,13);1H. The minimum Gasteiger partial charge on any atom is -0.479 e. The fraction of sp³-hybridized carbons (Fsp3) is 0.556. The molecule has 0 spiro atoms. The number of halogens is 1. The third-order valence-electron chi connectivity index (χ3n) is 2.36. The van der Waals surface area contributed by atoms with E-state index in [-0.39, 0.29) is 18.5 Å². The SMILES string of the molecule is Cl.O=C(O)C1CCC(Cn2ccnc2)O1. The van der Waals surface area contributed by atoms with Crippen molar-refractivity contribution in [1.29, 1.82) is 0 Å². The molecule has 0 aliphatic carbocycles. The third kappa shape index (κ3) is 2.94. The van der Waals surface area contributed by atoms with Crippen LogP contribution in [0.15, 0.2) is 18.7 Å². The normalized spacial score (nSPS) is 24.8. The van der Waals surface area contributed by atoms with Gasteiger partial charge in [-0.25, -0.2) is 9.78 Å². The first kappa shape index (κ1) is 12.0. The third-order valence-corrected chi connectivity index (χ3v) is 2.36. The number of nitrogens with zero attached hydrogens (tertiary/aromatic N) is 2. The molecule has 1 aromatic rings. The molecule has 2 atom stereocenters. The maximum Gasteiger partial charge on any atom is 0.332 e. The van der Waals surface area contributed by atoms with Gasteiger partial charge in [0.25, 0.3) is 0 Å². The molecular formula is C9H13ClN2O3. The summed E-state index contributed by atoms with van der Waals surface area (Å²) < 4.78 is 7.25. The number of carboxylic acid groups (broad SMARTS) is 1. The van der Waals surface area contributed by atoms with E-state index >= 15 is 0 Å². The number of carbonyl (C=O) groups is 1. The van der Waals surface area contributed by atoms with Crippen molar-refractivity contribution >= 4 is 18.4 Å². The van der Waals surface area contributed by atoms with E-state index in [2.05, 4.69) is 4.98 Å². The zero-order valence-electron chi connectivity index (χ0n) is 8.07. The van der Waals surface area contributed by atoms with Crippen LogP contribution in [-0.2, 0) is 16.1 Å². The summed E-state index contributed by atoms with van der Waals surface area (Å²) in [5.41, 5.74) is 0. The van der Waals surface area contributed by atoms with Crippen molar-refractivity contribution in [2.24, 2.45) is 0 Å². The van der Waals surface area contributed by atoms with Gasteiger partial charge in [-0.3, -0.25) is 0 Å². The number of hydrogen-bond donors (Lipinski definition) is 1. The number of aliphatic carboxylic acids is 1. The van der Waals surface area contributed by atoms with Gasteiger partial charge in [-0.05, 0) is 12.8 Å². The summed E-state index contributed by atoms with van der Waals surface area (Å²) in [6.07, 6.45) is 6.04. The monoisotopic (exact) mass is 232 g/mol. The number of hydrogen-bond acceptors (Lipinski definition) is 3. The van der Waals surface area contributed by atoms with Crippen molar-refractivity contribution in [2.75, 3.05) is 0 Å². The van der Waals surface area contributed by atoms with Gasteiger partial charge in [0.2, 0.25) is 0 Å². The van der Waals surface area contributed by atoms with Crippen LogP contribution in [-0.4, -0.2) is 32.8 Å². The van der Waals surface area contributed by atoms with Crippen molar-refractivity contribution < 1.29 is 14.6 Å². The summed E-state index contributed by atoms with van der Waals surface area (Å²) in [4.78, 5) is 14.5. The number of rotatable bonds is 3. The Morgan fingerprint density at radius 1 is 1.60 bits per heavy atom. The molecule has 1 aliphatic rings. The average molecular weight is 233 g/mol. The van der Waals surface area contributed by atoms with Crippen LogP contribution in [0.2, 0.25) is 0 Å². The van der Waals surface area contributed by atoms with Crippen LogP contribution in [0.4, 0.5) is 0 Å². The second kappa shape index (κ2) is 5.14. The first-order valence-electron chi connectivity index (χ1n) is 4.59. The van der Waals surface area contributed by atoms with Crippen molar-refractivity contribution in [2.45, 2.75) is 31.6 Å². The van der Waals surface area contributed by atoms with E-state index in [0.717, 1.165) is 6.42 Å². The number of carboxylic acids is 1. The molecule has 1 fully saturated rings. The quantitative estimate of drug-likeness (QED) is 0.842. The van der Waals surface area contributed by atoms with E-state index in [9.17, 15) is 4.79 Å². The topological polar surface area (TPSA) is 64.3 Å². The maximum atomic E-state index is 10.6. The molecule has 0 aromatic carbocycles. The van der Waals surface area contributed by atoms with Crippen molar-refractivity contribution in [3.63, 3.8) is 0 Å². The zero-order valence-corrected chi connectivity index (χ0v) is 8.89. The summed E-state index contributed by atoms with van der Waals surface area (Å²) in [5, 5.41) is 8.71. The Morgan fingerprint density at radius 3 is 2.93 bits per heavy atom. The molecule has 0 saturated carbocycles.